The SMILES string of the molecule is NC(c1cccc(F)c1)c1csc(Br)c1. The molecule has 1 atom stereocenters. The van der Waals surface area contributed by atoms with Crippen LogP contribution in [0.1, 0.15) is 17.2 Å². The smallest absolute Gasteiger partial charge is 0.123 e. The molecule has 1 nitrogen and oxygen atoms in total. The van der Waals surface area contributed by atoms with Crippen LogP contribution in [0.5, 0.6) is 0 Å². The van der Waals surface area contributed by atoms with Crippen molar-refractivity contribution in [2.75, 3.05) is 0 Å². The maximum Gasteiger partial charge on any atom is 0.123 e. The summed E-state index contributed by atoms with van der Waals surface area (Å²) in [7, 11) is 0. The van der Waals surface area contributed by atoms with E-state index in [-0.39, 0.29) is 11.9 Å². The minimum Gasteiger partial charge on any atom is -0.320 e. The van der Waals surface area contributed by atoms with Crippen LogP contribution in [0.15, 0.2) is 39.5 Å². The van der Waals surface area contributed by atoms with Crippen LogP contribution in [0.25, 0.3) is 0 Å². The molecule has 15 heavy (non-hydrogen) atoms. The van der Waals surface area contributed by atoms with Gasteiger partial charge in [0.25, 0.3) is 0 Å². The first-order valence-electron chi connectivity index (χ1n) is 4.42. The molecule has 2 aromatic rings. The number of rotatable bonds is 2. The molecule has 2 N–H and O–H groups in total. The molecule has 4 heteroatoms. The molecule has 0 fully saturated rings. The van der Waals surface area contributed by atoms with Crippen LogP contribution in [-0.4, -0.2) is 0 Å². The lowest BCUT2D eigenvalue weighted by Crippen LogP contribution is -2.10. The van der Waals surface area contributed by atoms with Crippen LogP contribution < -0.4 is 5.73 Å². The van der Waals surface area contributed by atoms with Crippen LogP contribution in [0.3, 0.4) is 0 Å². The summed E-state index contributed by atoms with van der Waals surface area (Å²) < 4.78 is 14.0. The zero-order valence-electron chi connectivity index (χ0n) is 7.78. The van der Waals surface area contributed by atoms with Crippen LogP contribution in [0.2, 0.25) is 0 Å². The van der Waals surface area contributed by atoms with E-state index in [1.165, 1.54) is 12.1 Å². The second kappa shape index (κ2) is 4.43. The van der Waals surface area contributed by atoms with Crippen molar-refractivity contribution >= 4 is 27.3 Å². The Bertz CT molecular complexity index is 469. The van der Waals surface area contributed by atoms with Gasteiger partial charge < -0.3 is 5.73 Å². The first-order chi connectivity index (χ1) is 7.16. The molecule has 1 aromatic heterocycles. The second-order valence-corrected chi connectivity index (χ2v) is 5.51. The highest BCUT2D eigenvalue weighted by atomic mass is 79.9. The quantitative estimate of drug-likeness (QED) is 0.895. The van der Waals surface area contributed by atoms with Crippen molar-refractivity contribution in [1.29, 1.82) is 0 Å². The Kier molecular flexibility index (Phi) is 3.19. The zero-order chi connectivity index (χ0) is 10.8. The Morgan fingerprint density at radius 2 is 2.07 bits per heavy atom. The van der Waals surface area contributed by atoms with Gasteiger partial charge in [0.05, 0.1) is 9.83 Å². The van der Waals surface area contributed by atoms with E-state index < -0.39 is 0 Å². The van der Waals surface area contributed by atoms with Gasteiger partial charge in [-0.15, -0.1) is 11.3 Å². The standard InChI is InChI=1S/C11H9BrFNS/c12-10-5-8(6-15-10)11(14)7-2-1-3-9(13)4-7/h1-6,11H,14H2. The van der Waals surface area contributed by atoms with Crippen molar-refractivity contribution in [2.45, 2.75) is 6.04 Å². The van der Waals surface area contributed by atoms with Crippen LogP contribution >= 0.6 is 27.3 Å². The Balaban J connectivity index is 2.32. The van der Waals surface area contributed by atoms with Gasteiger partial charge in [-0.05, 0) is 50.6 Å². The number of benzene rings is 1. The van der Waals surface area contributed by atoms with Crippen molar-refractivity contribution in [1.82, 2.24) is 0 Å². The Morgan fingerprint density at radius 1 is 1.27 bits per heavy atom. The first kappa shape index (κ1) is 10.8. The summed E-state index contributed by atoms with van der Waals surface area (Å²) in [5.41, 5.74) is 7.81. The van der Waals surface area contributed by atoms with E-state index in [1.54, 1.807) is 17.4 Å². The fourth-order valence-electron chi connectivity index (χ4n) is 1.38. The maximum absolute atomic E-state index is 13.0. The topological polar surface area (TPSA) is 26.0 Å². The Morgan fingerprint density at radius 3 is 2.67 bits per heavy atom. The van der Waals surface area contributed by atoms with Crippen LogP contribution in [-0.2, 0) is 0 Å². The van der Waals surface area contributed by atoms with E-state index in [0.717, 1.165) is 14.9 Å². The molecule has 0 aliphatic carbocycles. The third-order valence-corrected chi connectivity index (χ3v) is 3.68. The third kappa shape index (κ3) is 2.45. The van der Waals surface area contributed by atoms with Crippen LogP contribution in [0.4, 0.5) is 4.39 Å². The first-order valence-corrected chi connectivity index (χ1v) is 6.09. The normalized spacial score (nSPS) is 12.7. The van der Waals surface area contributed by atoms with Crippen molar-refractivity contribution in [3.8, 4) is 0 Å². The molecule has 1 aromatic carbocycles. The molecular formula is C11H9BrFNS. The van der Waals surface area contributed by atoms with Gasteiger partial charge in [-0.3, -0.25) is 0 Å². The number of halogens is 2. The summed E-state index contributed by atoms with van der Waals surface area (Å²) in [5, 5.41) is 1.97. The molecule has 0 radical (unpaired) electrons. The number of hydrogen-bond donors (Lipinski definition) is 1. The molecule has 1 unspecified atom stereocenters. The van der Waals surface area contributed by atoms with Crippen molar-refractivity contribution in [3.63, 3.8) is 0 Å². The molecule has 0 amide bonds. The fraction of sp³-hybridized carbons (Fsp3) is 0.0909. The summed E-state index contributed by atoms with van der Waals surface area (Å²) >= 11 is 4.95. The number of nitrogens with two attached hydrogens (primary N) is 1. The van der Waals surface area contributed by atoms with Gasteiger partial charge in [-0.25, -0.2) is 4.39 Å². The summed E-state index contributed by atoms with van der Waals surface area (Å²) in [6.07, 6.45) is 0. The van der Waals surface area contributed by atoms with E-state index in [2.05, 4.69) is 15.9 Å². The van der Waals surface area contributed by atoms with E-state index >= 15 is 0 Å². The lowest BCUT2D eigenvalue weighted by atomic mass is 10.0. The molecule has 0 aliphatic heterocycles. The van der Waals surface area contributed by atoms with E-state index in [0.29, 0.717) is 0 Å². The van der Waals surface area contributed by atoms with Gasteiger partial charge in [0.1, 0.15) is 5.82 Å². The van der Waals surface area contributed by atoms with E-state index in [4.69, 9.17) is 5.73 Å². The van der Waals surface area contributed by atoms with Crippen molar-refractivity contribution in [2.24, 2.45) is 5.73 Å². The maximum atomic E-state index is 13.0. The fourth-order valence-corrected chi connectivity index (χ4v) is 2.59. The van der Waals surface area contributed by atoms with Gasteiger partial charge in [0, 0.05) is 0 Å². The van der Waals surface area contributed by atoms with Gasteiger partial charge >= 0.3 is 0 Å². The molecule has 0 aliphatic rings. The molecule has 78 valence electrons. The van der Waals surface area contributed by atoms with Gasteiger partial charge in [-0.1, -0.05) is 12.1 Å². The predicted molar refractivity (Wildman–Crippen MR) is 64.4 cm³/mol. The lowest BCUT2D eigenvalue weighted by Gasteiger charge is -2.09. The molecule has 0 bridgehead atoms. The monoisotopic (exact) mass is 285 g/mol. The summed E-state index contributed by atoms with van der Waals surface area (Å²) in [5.74, 6) is -0.253. The average Bonchev–Trinajstić information content (AvgIpc) is 2.64. The molecular weight excluding hydrogens is 277 g/mol. The third-order valence-electron chi connectivity index (χ3n) is 2.15. The molecule has 0 saturated heterocycles. The summed E-state index contributed by atoms with van der Waals surface area (Å²) in [4.78, 5) is 0. The highest BCUT2D eigenvalue weighted by Gasteiger charge is 2.10. The second-order valence-electron chi connectivity index (χ2n) is 3.22. The van der Waals surface area contributed by atoms with Gasteiger partial charge in [-0.2, -0.15) is 0 Å². The Hall–Kier alpha value is -0.710. The molecule has 0 spiro atoms. The average molecular weight is 286 g/mol. The number of thiophene rings is 1. The highest BCUT2D eigenvalue weighted by molar-refractivity contribution is 9.11. The Labute approximate surface area is 99.9 Å². The van der Waals surface area contributed by atoms with Crippen molar-refractivity contribution < 1.29 is 4.39 Å². The van der Waals surface area contributed by atoms with E-state index in [9.17, 15) is 4.39 Å². The van der Waals surface area contributed by atoms with Crippen LogP contribution in [0, 0.1) is 5.82 Å². The highest BCUT2D eigenvalue weighted by Crippen LogP contribution is 2.27. The van der Waals surface area contributed by atoms with E-state index in [1.807, 2.05) is 17.5 Å². The zero-order valence-corrected chi connectivity index (χ0v) is 10.2. The predicted octanol–water partition coefficient (Wildman–Crippen LogP) is 3.70. The van der Waals surface area contributed by atoms with Gasteiger partial charge in [0.2, 0.25) is 0 Å². The minimum absolute atomic E-state index is 0.253. The number of hydrogen-bond acceptors (Lipinski definition) is 2. The largest absolute Gasteiger partial charge is 0.320 e. The van der Waals surface area contributed by atoms with Crippen molar-refractivity contribution in [3.05, 3.63) is 56.4 Å². The van der Waals surface area contributed by atoms with Gasteiger partial charge in [0.15, 0.2) is 0 Å². The molecule has 2 rings (SSSR count). The molecule has 1 heterocycles. The summed E-state index contributed by atoms with van der Waals surface area (Å²) in [6.45, 7) is 0. The molecule has 0 saturated carbocycles. The lowest BCUT2D eigenvalue weighted by molar-refractivity contribution is 0.623. The minimum atomic E-state index is -0.261. The summed E-state index contributed by atoms with van der Waals surface area (Å²) in [6, 6.07) is 8.09.